The first-order chi connectivity index (χ1) is 23.3. The Morgan fingerprint density at radius 2 is 0.878 bits per heavy atom. The third kappa shape index (κ3) is 8.31. The number of carbonyl (C=O) groups excluding carboxylic acids is 2. The number of ether oxygens (including phenoxy) is 1. The minimum absolute atomic E-state index is 0.0813. The van der Waals surface area contributed by atoms with Crippen molar-refractivity contribution in [1.29, 1.82) is 0 Å². The SMILES string of the molecule is CC(C)(C)c1ccc(-c2csc(NC(=O)c3ccc(Oc4ccc(C(=O)Nc5nc(-c6ccc(C(C)(C)C)cc6)cs5)cc4)cc3)n2)cc1. The first-order valence-electron chi connectivity index (χ1n) is 16.0. The minimum Gasteiger partial charge on any atom is -0.457 e. The quantitative estimate of drug-likeness (QED) is 0.166. The lowest BCUT2D eigenvalue weighted by molar-refractivity contribution is 0.101. The standard InChI is InChI=1S/C40H38N4O3S2/c1-39(2,3)29-15-7-25(8-16-29)33-23-48-37(41-33)43-35(45)27-11-19-31(20-12-27)47-32-21-13-28(14-22-32)36(46)44-38-42-34(24-49-38)26-9-17-30(18-10-26)40(4,5)6/h7-24H,1-6H3,(H,41,43,45)(H,42,44,46). The van der Waals surface area contributed by atoms with Crippen molar-refractivity contribution in [2.45, 2.75) is 52.4 Å². The van der Waals surface area contributed by atoms with Crippen molar-refractivity contribution in [1.82, 2.24) is 9.97 Å². The van der Waals surface area contributed by atoms with E-state index in [0.717, 1.165) is 22.5 Å². The van der Waals surface area contributed by atoms with E-state index in [0.29, 0.717) is 32.9 Å². The van der Waals surface area contributed by atoms with E-state index in [9.17, 15) is 9.59 Å². The van der Waals surface area contributed by atoms with E-state index < -0.39 is 0 Å². The number of amides is 2. The highest BCUT2D eigenvalue weighted by Gasteiger charge is 2.16. The van der Waals surface area contributed by atoms with Crippen LogP contribution in [0.3, 0.4) is 0 Å². The number of thiazole rings is 2. The van der Waals surface area contributed by atoms with Crippen LogP contribution in [-0.2, 0) is 10.8 Å². The van der Waals surface area contributed by atoms with Crippen LogP contribution in [0, 0.1) is 0 Å². The van der Waals surface area contributed by atoms with E-state index in [2.05, 4.69) is 111 Å². The lowest BCUT2D eigenvalue weighted by atomic mass is 9.86. The van der Waals surface area contributed by atoms with Gasteiger partial charge in [-0.2, -0.15) is 0 Å². The number of rotatable bonds is 8. The van der Waals surface area contributed by atoms with Crippen molar-refractivity contribution in [3.8, 4) is 34.0 Å². The maximum atomic E-state index is 12.9. The summed E-state index contributed by atoms with van der Waals surface area (Å²) in [5.74, 6) is 0.623. The predicted octanol–water partition coefficient (Wildman–Crippen LogP) is 10.8. The summed E-state index contributed by atoms with van der Waals surface area (Å²) in [5.41, 5.74) is 7.30. The Balaban J connectivity index is 1.01. The molecule has 0 saturated carbocycles. The molecule has 248 valence electrons. The molecule has 0 aliphatic heterocycles. The highest BCUT2D eigenvalue weighted by atomic mass is 32.1. The molecule has 0 aliphatic carbocycles. The van der Waals surface area contributed by atoms with Gasteiger partial charge in [-0.1, -0.05) is 90.1 Å². The maximum absolute atomic E-state index is 12.9. The Bertz CT molecular complexity index is 1920. The molecule has 0 fully saturated rings. The average molecular weight is 687 g/mol. The molecule has 6 rings (SSSR count). The zero-order valence-corrected chi connectivity index (χ0v) is 30.0. The molecule has 7 nitrogen and oxygen atoms in total. The van der Waals surface area contributed by atoms with E-state index in [1.807, 2.05) is 10.8 Å². The molecule has 49 heavy (non-hydrogen) atoms. The molecule has 4 aromatic carbocycles. The third-order valence-corrected chi connectivity index (χ3v) is 9.53. The highest BCUT2D eigenvalue weighted by molar-refractivity contribution is 7.14. The van der Waals surface area contributed by atoms with E-state index in [4.69, 9.17) is 4.74 Å². The summed E-state index contributed by atoms with van der Waals surface area (Å²) in [4.78, 5) is 35.0. The smallest absolute Gasteiger partial charge is 0.257 e. The second-order valence-corrected chi connectivity index (χ2v) is 15.5. The summed E-state index contributed by atoms with van der Waals surface area (Å²) in [6.07, 6.45) is 0. The number of hydrogen-bond donors (Lipinski definition) is 2. The molecule has 0 unspecified atom stereocenters. The normalized spacial score (nSPS) is 11.6. The van der Waals surface area contributed by atoms with Gasteiger partial charge in [0.05, 0.1) is 11.4 Å². The molecule has 0 bridgehead atoms. The predicted molar refractivity (Wildman–Crippen MR) is 201 cm³/mol. The molecule has 6 aromatic rings. The fourth-order valence-electron chi connectivity index (χ4n) is 5.03. The number of anilines is 2. The molecule has 0 atom stereocenters. The van der Waals surface area contributed by atoms with Gasteiger partial charge in [-0.05, 0) is 70.5 Å². The number of benzene rings is 4. The summed E-state index contributed by atoms with van der Waals surface area (Å²) in [6, 6.07) is 30.5. The number of carbonyl (C=O) groups is 2. The molecule has 0 saturated heterocycles. The van der Waals surface area contributed by atoms with Gasteiger partial charge in [0.25, 0.3) is 11.8 Å². The van der Waals surface area contributed by atoms with Crippen molar-refractivity contribution in [3.05, 3.63) is 130 Å². The van der Waals surface area contributed by atoms with Crippen LogP contribution in [0.5, 0.6) is 11.5 Å². The van der Waals surface area contributed by atoms with Gasteiger partial charge < -0.3 is 4.74 Å². The third-order valence-electron chi connectivity index (χ3n) is 8.01. The molecular weight excluding hydrogens is 649 g/mol. The highest BCUT2D eigenvalue weighted by Crippen LogP contribution is 2.31. The number of nitrogens with zero attached hydrogens (tertiary/aromatic N) is 2. The van der Waals surface area contributed by atoms with Crippen LogP contribution in [0.25, 0.3) is 22.5 Å². The second-order valence-electron chi connectivity index (χ2n) is 13.8. The van der Waals surface area contributed by atoms with Crippen LogP contribution >= 0.6 is 22.7 Å². The van der Waals surface area contributed by atoms with Crippen LogP contribution in [0.4, 0.5) is 10.3 Å². The monoisotopic (exact) mass is 686 g/mol. The molecular formula is C40H38N4O3S2. The molecule has 0 spiro atoms. The van der Waals surface area contributed by atoms with Crippen LogP contribution in [0.15, 0.2) is 108 Å². The van der Waals surface area contributed by atoms with E-state index in [1.54, 1.807) is 48.5 Å². The van der Waals surface area contributed by atoms with Gasteiger partial charge in [0.2, 0.25) is 0 Å². The van der Waals surface area contributed by atoms with E-state index >= 15 is 0 Å². The first kappa shape index (κ1) is 33.8. The molecule has 9 heteroatoms. The number of hydrogen-bond acceptors (Lipinski definition) is 7. The van der Waals surface area contributed by atoms with Gasteiger partial charge in [-0.25, -0.2) is 9.97 Å². The van der Waals surface area contributed by atoms with Gasteiger partial charge in [0, 0.05) is 33.0 Å². The van der Waals surface area contributed by atoms with Crippen molar-refractivity contribution in [3.63, 3.8) is 0 Å². The van der Waals surface area contributed by atoms with Gasteiger partial charge in [0.1, 0.15) is 11.5 Å². The Labute approximate surface area is 295 Å². The summed E-state index contributed by atoms with van der Waals surface area (Å²) < 4.78 is 5.96. The van der Waals surface area contributed by atoms with E-state index in [1.165, 1.54) is 33.8 Å². The van der Waals surface area contributed by atoms with Crippen molar-refractivity contribution < 1.29 is 14.3 Å². The lowest BCUT2D eigenvalue weighted by Crippen LogP contribution is -2.11. The topological polar surface area (TPSA) is 93.2 Å². The van der Waals surface area contributed by atoms with Crippen LogP contribution < -0.4 is 15.4 Å². The average Bonchev–Trinajstić information content (AvgIpc) is 3.75. The first-order valence-corrected chi connectivity index (χ1v) is 17.7. The van der Waals surface area contributed by atoms with Gasteiger partial charge in [-0.3, -0.25) is 20.2 Å². The fraction of sp³-hybridized carbons (Fsp3) is 0.200. The molecule has 2 N–H and O–H groups in total. The summed E-state index contributed by atoms with van der Waals surface area (Å²) in [5, 5.41) is 10.7. The Hall–Kier alpha value is -5.12. The number of nitrogens with one attached hydrogen (secondary N) is 2. The van der Waals surface area contributed by atoms with Gasteiger partial charge in [-0.15, -0.1) is 22.7 Å². The van der Waals surface area contributed by atoms with Crippen LogP contribution in [-0.4, -0.2) is 21.8 Å². The second kappa shape index (κ2) is 13.8. The maximum Gasteiger partial charge on any atom is 0.257 e. The molecule has 0 aliphatic rings. The Kier molecular flexibility index (Phi) is 9.50. The Morgan fingerprint density at radius 1 is 0.531 bits per heavy atom. The Morgan fingerprint density at radius 3 is 1.20 bits per heavy atom. The van der Waals surface area contributed by atoms with Gasteiger partial charge >= 0.3 is 0 Å². The van der Waals surface area contributed by atoms with Crippen LogP contribution in [0.2, 0.25) is 0 Å². The van der Waals surface area contributed by atoms with E-state index in [-0.39, 0.29) is 22.6 Å². The zero-order valence-electron chi connectivity index (χ0n) is 28.3. The molecule has 0 radical (unpaired) electrons. The van der Waals surface area contributed by atoms with Crippen LogP contribution in [0.1, 0.15) is 73.4 Å². The zero-order chi connectivity index (χ0) is 34.8. The largest absolute Gasteiger partial charge is 0.457 e. The van der Waals surface area contributed by atoms with Crippen molar-refractivity contribution >= 4 is 44.8 Å². The van der Waals surface area contributed by atoms with Crippen molar-refractivity contribution in [2.75, 3.05) is 10.6 Å². The van der Waals surface area contributed by atoms with Crippen molar-refractivity contribution in [2.24, 2.45) is 0 Å². The van der Waals surface area contributed by atoms with Gasteiger partial charge in [0.15, 0.2) is 10.3 Å². The summed E-state index contributed by atoms with van der Waals surface area (Å²) in [7, 11) is 0. The molecule has 2 aromatic heterocycles. The fourth-order valence-corrected chi connectivity index (χ4v) is 6.46. The minimum atomic E-state index is -0.253. The number of aromatic nitrogens is 2. The summed E-state index contributed by atoms with van der Waals surface area (Å²) in [6.45, 7) is 13.1. The summed E-state index contributed by atoms with van der Waals surface area (Å²) >= 11 is 2.77. The molecule has 2 amide bonds. The lowest BCUT2D eigenvalue weighted by Gasteiger charge is -2.18. The molecule has 2 heterocycles.